The molecule has 404 valence electrons. The van der Waals surface area contributed by atoms with Crippen molar-refractivity contribution in [1.29, 1.82) is 0 Å². The fourth-order valence-corrected chi connectivity index (χ4v) is 9.46. The number of unbranched alkanes of at least 4 members (excludes halogenated alkanes) is 39. The highest BCUT2D eigenvalue weighted by atomic mass is 31.2. The van der Waals surface area contributed by atoms with Crippen molar-refractivity contribution in [2.75, 3.05) is 47.5 Å². The van der Waals surface area contributed by atoms with Crippen LogP contribution < -0.4 is 0 Å². The third-order valence-electron chi connectivity index (χ3n) is 13.3. The van der Waals surface area contributed by atoms with Crippen molar-refractivity contribution < 1.29 is 42.1 Å². The summed E-state index contributed by atoms with van der Waals surface area (Å²) in [7, 11) is 1.49. The first-order valence-corrected chi connectivity index (χ1v) is 30.9. The van der Waals surface area contributed by atoms with Crippen LogP contribution in [0.2, 0.25) is 0 Å². The first-order chi connectivity index (χ1) is 33.0. The third kappa shape index (κ3) is 54.1. The van der Waals surface area contributed by atoms with E-state index in [1.807, 2.05) is 21.1 Å². The van der Waals surface area contributed by atoms with Gasteiger partial charge in [0, 0.05) is 12.8 Å². The van der Waals surface area contributed by atoms with Crippen LogP contribution in [0.15, 0.2) is 12.2 Å². The molecule has 0 aromatic heterocycles. The minimum Gasteiger partial charge on any atom is -0.462 e. The van der Waals surface area contributed by atoms with Gasteiger partial charge in [0.15, 0.2) is 6.10 Å². The molecule has 2 atom stereocenters. The number of nitrogens with zero attached hydrogens (tertiary/aromatic N) is 1. The molecule has 0 spiro atoms. The molecule has 2 unspecified atom stereocenters. The Balaban J connectivity index is 3.92. The maximum Gasteiger partial charge on any atom is 0.472 e. The molecule has 0 amide bonds. The normalized spacial score (nSPS) is 13.3. The van der Waals surface area contributed by atoms with Gasteiger partial charge in [0.25, 0.3) is 0 Å². The molecular weight excluding hydrogens is 870 g/mol. The molecule has 0 aliphatic rings. The van der Waals surface area contributed by atoms with Gasteiger partial charge in [0.2, 0.25) is 0 Å². The number of carbonyl (C=O) groups is 2. The van der Waals surface area contributed by atoms with Crippen molar-refractivity contribution in [1.82, 2.24) is 0 Å². The fraction of sp³-hybridized carbons (Fsp3) is 0.931. The van der Waals surface area contributed by atoms with E-state index < -0.39 is 26.5 Å². The Morgan fingerprint density at radius 2 is 0.750 bits per heavy atom. The van der Waals surface area contributed by atoms with Gasteiger partial charge in [0.1, 0.15) is 19.8 Å². The third-order valence-corrected chi connectivity index (χ3v) is 14.3. The van der Waals surface area contributed by atoms with Gasteiger partial charge < -0.3 is 18.9 Å². The highest BCUT2D eigenvalue weighted by Crippen LogP contribution is 2.43. The Hall–Kier alpha value is -1.25. The Morgan fingerprint density at radius 1 is 0.441 bits per heavy atom. The smallest absolute Gasteiger partial charge is 0.462 e. The van der Waals surface area contributed by atoms with Gasteiger partial charge in [0.05, 0.1) is 27.7 Å². The summed E-state index contributed by atoms with van der Waals surface area (Å²) in [5, 5.41) is 0. The van der Waals surface area contributed by atoms with Crippen LogP contribution in [0.4, 0.5) is 0 Å². The first kappa shape index (κ1) is 66.8. The van der Waals surface area contributed by atoms with Crippen LogP contribution in [0, 0.1) is 0 Å². The average Bonchev–Trinajstić information content (AvgIpc) is 3.30. The zero-order chi connectivity index (χ0) is 49.9. The van der Waals surface area contributed by atoms with E-state index in [0.717, 1.165) is 51.4 Å². The van der Waals surface area contributed by atoms with E-state index in [9.17, 15) is 19.0 Å². The van der Waals surface area contributed by atoms with Gasteiger partial charge in [-0.05, 0) is 38.5 Å². The number of carbonyl (C=O) groups excluding carboxylic acids is 2. The summed E-state index contributed by atoms with van der Waals surface area (Å²) in [6.07, 6.45) is 58.8. The predicted molar refractivity (Wildman–Crippen MR) is 289 cm³/mol. The molecule has 9 nitrogen and oxygen atoms in total. The quantitative estimate of drug-likeness (QED) is 0.0211. The number of rotatable bonds is 55. The Kier molecular flexibility index (Phi) is 49.8. The summed E-state index contributed by atoms with van der Waals surface area (Å²) in [4.78, 5) is 35.5. The summed E-state index contributed by atoms with van der Waals surface area (Å²) in [5.74, 6) is -0.793. The molecule has 0 rings (SSSR count). The molecule has 0 aromatic carbocycles. The summed E-state index contributed by atoms with van der Waals surface area (Å²) in [5.41, 5.74) is 0. The summed E-state index contributed by atoms with van der Waals surface area (Å²) in [6, 6.07) is 0. The second-order valence-electron chi connectivity index (χ2n) is 21.4. The van der Waals surface area contributed by atoms with Crippen molar-refractivity contribution >= 4 is 19.8 Å². The lowest BCUT2D eigenvalue weighted by atomic mass is 10.0. The first-order valence-electron chi connectivity index (χ1n) is 29.4. The number of quaternary nitrogens is 1. The molecule has 1 N–H and O–H groups in total. The van der Waals surface area contributed by atoms with Crippen molar-refractivity contribution in [3.8, 4) is 0 Å². The number of esters is 2. The van der Waals surface area contributed by atoms with Gasteiger partial charge in [-0.2, -0.15) is 0 Å². The molecule has 0 saturated heterocycles. The Bertz CT molecular complexity index is 1160. The van der Waals surface area contributed by atoms with Crippen molar-refractivity contribution in [2.24, 2.45) is 0 Å². The zero-order valence-corrected chi connectivity index (χ0v) is 46.8. The van der Waals surface area contributed by atoms with Gasteiger partial charge in [-0.25, -0.2) is 4.57 Å². The summed E-state index contributed by atoms with van der Waals surface area (Å²) in [6.45, 7) is 4.44. The summed E-state index contributed by atoms with van der Waals surface area (Å²) >= 11 is 0. The lowest BCUT2D eigenvalue weighted by Gasteiger charge is -2.24. The SMILES string of the molecule is CCCCC/C=C\CCCCCCCC(=O)OC(COC(=O)CCCCCCCCCCCCCCCCCCCCCCCCCCCCCCCCCC)COP(=O)(O)OCC[N+](C)(C)C. The molecule has 0 heterocycles. The monoisotopic (exact) mass is 985 g/mol. The number of hydrogen-bond donors (Lipinski definition) is 1. The second kappa shape index (κ2) is 50.7. The van der Waals surface area contributed by atoms with E-state index in [4.69, 9.17) is 18.5 Å². The van der Waals surface area contributed by atoms with E-state index in [1.165, 1.54) is 212 Å². The minimum atomic E-state index is -4.38. The van der Waals surface area contributed by atoms with Crippen molar-refractivity contribution in [3.05, 3.63) is 12.2 Å². The van der Waals surface area contributed by atoms with Crippen molar-refractivity contribution in [3.63, 3.8) is 0 Å². The Morgan fingerprint density at radius 3 is 1.12 bits per heavy atom. The van der Waals surface area contributed by atoms with Crippen LogP contribution in [-0.2, 0) is 32.7 Å². The maximum absolute atomic E-state index is 12.7. The highest BCUT2D eigenvalue weighted by Gasteiger charge is 2.27. The molecule has 0 saturated carbocycles. The molecule has 0 bridgehead atoms. The lowest BCUT2D eigenvalue weighted by Crippen LogP contribution is -2.37. The predicted octanol–water partition coefficient (Wildman–Crippen LogP) is 18.0. The fourth-order valence-electron chi connectivity index (χ4n) is 8.72. The number of phosphoric acid groups is 1. The summed E-state index contributed by atoms with van der Waals surface area (Å²) < 4.78 is 34.5. The number of phosphoric ester groups is 1. The van der Waals surface area contributed by atoms with E-state index >= 15 is 0 Å². The topological polar surface area (TPSA) is 108 Å². The highest BCUT2D eigenvalue weighted by molar-refractivity contribution is 7.47. The number of likely N-dealkylation sites (N-methyl/N-ethyl adjacent to an activating group) is 1. The maximum atomic E-state index is 12.7. The molecule has 0 fully saturated rings. The minimum absolute atomic E-state index is 0.0334. The van der Waals surface area contributed by atoms with E-state index in [2.05, 4.69) is 26.0 Å². The van der Waals surface area contributed by atoms with Crippen LogP contribution in [0.25, 0.3) is 0 Å². The van der Waals surface area contributed by atoms with Gasteiger partial charge >= 0.3 is 19.8 Å². The van der Waals surface area contributed by atoms with Crippen LogP contribution in [0.1, 0.15) is 296 Å². The van der Waals surface area contributed by atoms with E-state index in [-0.39, 0.29) is 25.6 Å². The molecule has 0 aliphatic heterocycles. The van der Waals surface area contributed by atoms with Crippen LogP contribution in [-0.4, -0.2) is 74.9 Å². The molecular formula is C58H115NO8P+. The molecule has 68 heavy (non-hydrogen) atoms. The molecule has 0 aromatic rings. The zero-order valence-electron chi connectivity index (χ0n) is 45.9. The lowest BCUT2D eigenvalue weighted by molar-refractivity contribution is -0.870. The van der Waals surface area contributed by atoms with E-state index in [1.54, 1.807) is 0 Å². The molecule has 10 heteroatoms. The van der Waals surface area contributed by atoms with Crippen LogP contribution in [0.3, 0.4) is 0 Å². The second-order valence-corrected chi connectivity index (χ2v) is 22.8. The average molecular weight is 986 g/mol. The van der Waals surface area contributed by atoms with E-state index in [0.29, 0.717) is 23.9 Å². The van der Waals surface area contributed by atoms with Gasteiger partial charge in [-0.1, -0.05) is 257 Å². The van der Waals surface area contributed by atoms with Gasteiger partial charge in [-0.3, -0.25) is 18.6 Å². The Labute approximate surface area is 422 Å². The van der Waals surface area contributed by atoms with Crippen LogP contribution in [0.5, 0.6) is 0 Å². The number of allylic oxidation sites excluding steroid dienone is 2. The number of ether oxygens (including phenoxy) is 2. The number of hydrogen-bond acceptors (Lipinski definition) is 7. The van der Waals surface area contributed by atoms with Crippen LogP contribution >= 0.6 is 7.82 Å². The molecule has 0 aliphatic carbocycles. The standard InChI is InChI=1S/C58H114NO8P/c1-6-8-10-12-14-16-18-20-21-22-23-24-25-26-27-28-29-30-31-32-33-34-35-36-37-38-39-41-42-44-46-48-50-57(60)64-54-56(55-66-68(62,63)65-53-52-59(3,4)5)67-58(61)51-49-47-45-43-40-19-17-15-13-11-9-7-2/h15,17,56H,6-14,16,18-55H2,1-5H3/p+1/b17-15-. The largest absolute Gasteiger partial charge is 0.472 e. The van der Waals surface area contributed by atoms with Gasteiger partial charge in [-0.15, -0.1) is 0 Å². The molecule has 0 radical (unpaired) electrons. The van der Waals surface area contributed by atoms with Crippen molar-refractivity contribution in [2.45, 2.75) is 302 Å².